The Kier molecular flexibility index (Phi) is 5.20. The Hall–Kier alpha value is -3.74. The molecule has 3 amide bonds. The van der Waals surface area contributed by atoms with Crippen molar-refractivity contribution in [2.75, 3.05) is 23.3 Å². The molecular weight excluding hydrogens is 368 g/mol. The lowest BCUT2D eigenvalue weighted by atomic mass is 10.2. The molecule has 1 aliphatic heterocycles. The van der Waals surface area contributed by atoms with Crippen molar-refractivity contribution < 1.29 is 14.4 Å². The summed E-state index contributed by atoms with van der Waals surface area (Å²) in [4.78, 5) is 42.2. The number of aromatic nitrogens is 1. The van der Waals surface area contributed by atoms with Crippen molar-refractivity contribution in [3.05, 3.63) is 66.4 Å². The van der Waals surface area contributed by atoms with E-state index in [4.69, 9.17) is 0 Å². The van der Waals surface area contributed by atoms with Crippen LogP contribution < -0.4 is 15.5 Å². The number of nitrogens with zero attached hydrogens (tertiary/aromatic N) is 2. The minimum absolute atomic E-state index is 0.0991. The molecule has 0 unspecified atom stereocenters. The van der Waals surface area contributed by atoms with Gasteiger partial charge in [-0.05, 0) is 42.8 Å². The van der Waals surface area contributed by atoms with Crippen molar-refractivity contribution in [3.8, 4) is 0 Å². The molecule has 0 spiro atoms. The van der Waals surface area contributed by atoms with E-state index in [1.165, 1.54) is 0 Å². The van der Waals surface area contributed by atoms with Crippen LogP contribution in [0.25, 0.3) is 10.9 Å². The molecule has 0 bridgehead atoms. The highest BCUT2D eigenvalue weighted by atomic mass is 16.2. The molecule has 0 radical (unpaired) electrons. The van der Waals surface area contributed by atoms with Crippen molar-refractivity contribution in [2.24, 2.45) is 0 Å². The lowest BCUT2D eigenvalue weighted by Crippen LogP contribution is -2.33. The molecule has 3 aromatic rings. The molecule has 7 nitrogen and oxygen atoms in total. The second-order valence-corrected chi connectivity index (χ2v) is 6.84. The Morgan fingerprint density at radius 3 is 2.62 bits per heavy atom. The van der Waals surface area contributed by atoms with Crippen LogP contribution in [0.2, 0.25) is 0 Å². The Morgan fingerprint density at radius 1 is 1.07 bits per heavy atom. The summed E-state index contributed by atoms with van der Waals surface area (Å²) in [6.07, 6.45) is 2.99. The van der Waals surface area contributed by atoms with Crippen LogP contribution in [0.1, 0.15) is 23.2 Å². The third-order valence-electron chi connectivity index (χ3n) is 4.80. The lowest BCUT2D eigenvalue weighted by Gasteiger charge is -2.15. The van der Waals surface area contributed by atoms with Crippen molar-refractivity contribution >= 4 is 40.0 Å². The Balaban J connectivity index is 1.32. The number of benzene rings is 2. The van der Waals surface area contributed by atoms with Gasteiger partial charge >= 0.3 is 0 Å². The lowest BCUT2D eigenvalue weighted by molar-refractivity contribution is -0.117. The van der Waals surface area contributed by atoms with E-state index in [1.54, 1.807) is 35.4 Å². The van der Waals surface area contributed by atoms with Crippen LogP contribution in [0.4, 0.5) is 11.4 Å². The maximum atomic E-state index is 12.3. The van der Waals surface area contributed by atoms with Crippen molar-refractivity contribution in [3.63, 3.8) is 0 Å². The number of rotatable bonds is 5. The minimum Gasteiger partial charge on any atom is -0.343 e. The molecule has 0 aliphatic carbocycles. The zero-order valence-electron chi connectivity index (χ0n) is 15.7. The molecule has 1 saturated heterocycles. The van der Waals surface area contributed by atoms with E-state index in [9.17, 15) is 14.4 Å². The van der Waals surface area contributed by atoms with Gasteiger partial charge in [0, 0.05) is 29.6 Å². The van der Waals surface area contributed by atoms with Gasteiger partial charge in [-0.15, -0.1) is 0 Å². The fourth-order valence-corrected chi connectivity index (χ4v) is 3.32. The molecular formula is C22H20N4O3. The Labute approximate surface area is 167 Å². The monoisotopic (exact) mass is 388 g/mol. The van der Waals surface area contributed by atoms with E-state index in [0.717, 1.165) is 23.0 Å². The number of carbonyl (C=O) groups is 3. The number of carbonyl (C=O) groups excluding carboxylic acids is 3. The van der Waals surface area contributed by atoms with E-state index >= 15 is 0 Å². The van der Waals surface area contributed by atoms with Crippen LogP contribution in [0.5, 0.6) is 0 Å². The second-order valence-electron chi connectivity index (χ2n) is 6.84. The zero-order chi connectivity index (χ0) is 20.2. The number of para-hydroxylation sites is 1. The van der Waals surface area contributed by atoms with Crippen LogP contribution in [-0.4, -0.2) is 35.8 Å². The minimum atomic E-state index is -0.351. The summed E-state index contributed by atoms with van der Waals surface area (Å²) >= 11 is 0. The maximum absolute atomic E-state index is 12.3. The molecule has 7 heteroatoms. The molecule has 29 heavy (non-hydrogen) atoms. The third-order valence-corrected chi connectivity index (χ3v) is 4.80. The van der Waals surface area contributed by atoms with Crippen LogP contribution in [-0.2, 0) is 9.59 Å². The van der Waals surface area contributed by atoms with E-state index in [1.807, 2.05) is 30.3 Å². The number of nitrogens with one attached hydrogen (secondary N) is 2. The molecule has 2 aromatic carbocycles. The first-order valence-electron chi connectivity index (χ1n) is 9.43. The number of hydrogen-bond acceptors (Lipinski definition) is 4. The number of hydrogen-bond donors (Lipinski definition) is 2. The van der Waals surface area contributed by atoms with Gasteiger partial charge < -0.3 is 15.5 Å². The van der Waals surface area contributed by atoms with Gasteiger partial charge in [-0.1, -0.05) is 18.2 Å². The smallest absolute Gasteiger partial charge is 0.251 e. The van der Waals surface area contributed by atoms with Crippen molar-refractivity contribution in [2.45, 2.75) is 12.8 Å². The quantitative estimate of drug-likeness (QED) is 0.703. The van der Waals surface area contributed by atoms with E-state index in [0.29, 0.717) is 24.2 Å². The van der Waals surface area contributed by atoms with Gasteiger partial charge in [-0.2, -0.15) is 0 Å². The fraction of sp³-hybridized carbons (Fsp3) is 0.182. The maximum Gasteiger partial charge on any atom is 0.251 e. The first-order valence-corrected chi connectivity index (χ1v) is 9.43. The first-order chi connectivity index (χ1) is 14.1. The first kappa shape index (κ1) is 18.6. The SMILES string of the molecule is O=C(CNC(=O)c1ccc(N2CCCC2=O)cc1)Nc1cnc2ccccc2c1. The number of fused-ring (bicyclic) bond motifs is 1. The van der Waals surface area contributed by atoms with Crippen LogP contribution in [0.15, 0.2) is 60.8 Å². The van der Waals surface area contributed by atoms with Gasteiger partial charge in [0.05, 0.1) is 23.9 Å². The molecule has 2 N–H and O–H groups in total. The molecule has 4 rings (SSSR count). The summed E-state index contributed by atoms with van der Waals surface area (Å²) in [5, 5.41) is 6.26. The molecule has 1 aliphatic rings. The summed E-state index contributed by atoms with van der Waals surface area (Å²) in [5.41, 5.74) is 2.63. The van der Waals surface area contributed by atoms with Crippen molar-refractivity contribution in [1.82, 2.24) is 10.3 Å². The van der Waals surface area contributed by atoms with Gasteiger partial charge in [-0.25, -0.2) is 0 Å². The van der Waals surface area contributed by atoms with Gasteiger partial charge in [0.1, 0.15) is 0 Å². The van der Waals surface area contributed by atoms with Gasteiger partial charge in [-0.3, -0.25) is 19.4 Å². The zero-order valence-corrected chi connectivity index (χ0v) is 15.7. The standard InChI is InChI=1S/C22H20N4O3/c27-20(25-17-12-16-4-1-2-5-19(16)23-13-17)14-24-22(29)15-7-9-18(10-8-15)26-11-3-6-21(26)28/h1-2,4-5,7-10,12-13H,3,6,11,14H2,(H,24,29)(H,25,27). The number of amides is 3. The van der Waals surface area contributed by atoms with Crippen LogP contribution in [0, 0.1) is 0 Å². The van der Waals surface area contributed by atoms with Crippen molar-refractivity contribution in [1.29, 1.82) is 0 Å². The Bertz CT molecular complexity index is 1080. The largest absolute Gasteiger partial charge is 0.343 e. The highest BCUT2D eigenvalue weighted by molar-refractivity contribution is 6.00. The van der Waals surface area contributed by atoms with Crippen LogP contribution in [0.3, 0.4) is 0 Å². The fourth-order valence-electron chi connectivity index (χ4n) is 3.32. The Morgan fingerprint density at radius 2 is 1.86 bits per heavy atom. The van der Waals surface area contributed by atoms with Crippen LogP contribution >= 0.6 is 0 Å². The number of anilines is 2. The summed E-state index contributed by atoms with van der Waals surface area (Å²) in [6.45, 7) is 0.548. The second kappa shape index (κ2) is 8.10. The van der Waals surface area contributed by atoms with E-state index in [-0.39, 0.29) is 24.3 Å². The summed E-state index contributed by atoms with van der Waals surface area (Å²) in [7, 11) is 0. The predicted molar refractivity (Wildman–Crippen MR) is 111 cm³/mol. The van der Waals surface area contributed by atoms with E-state index in [2.05, 4.69) is 15.6 Å². The summed E-state index contributed by atoms with van der Waals surface area (Å²) in [5.74, 6) is -0.590. The van der Waals surface area contributed by atoms with Gasteiger partial charge in [0.2, 0.25) is 11.8 Å². The summed E-state index contributed by atoms with van der Waals surface area (Å²) in [6, 6.07) is 16.3. The molecule has 1 fully saturated rings. The number of pyridine rings is 1. The topological polar surface area (TPSA) is 91.4 Å². The molecule has 0 saturated carbocycles. The molecule has 0 atom stereocenters. The molecule has 2 heterocycles. The predicted octanol–water partition coefficient (Wildman–Crippen LogP) is 2.73. The molecule has 146 valence electrons. The molecule has 1 aromatic heterocycles. The highest BCUT2D eigenvalue weighted by Gasteiger charge is 2.21. The average Bonchev–Trinajstić information content (AvgIpc) is 3.18. The normalized spacial score (nSPS) is 13.5. The summed E-state index contributed by atoms with van der Waals surface area (Å²) < 4.78 is 0. The third kappa shape index (κ3) is 4.24. The van der Waals surface area contributed by atoms with E-state index < -0.39 is 0 Å². The highest BCUT2D eigenvalue weighted by Crippen LogP contribution is 2.21. The average molecular weight is 388 g/mol. The van der Waals surface area contributed by atoms with Gasteiger partial charge in [0.25, 0.3) is 5.91 Å². The van der Waals surface area contributed by atoms with Gasteiger partial charge in [0.15, 0.2) is 0 Å².